The van der Waals surface area contributed by atoms with Gasteiger partial charge in [0.15, 0.2) is 0 Å². The summed E-state index contributed by atoms with van der Waals surface area (Å²) in [5.74, 6) is -1.79. The number of H-pyrrole nitrogens is 1. The molecule has 2 amide bonds. The van der Waals surface area contributed by atoms with Gasteiger partial charge in [0.2, 0.25) is 11.3 Å². The van der Waals surface area contributed by atoms with Crippen molar-refractivity contribution in [2.45, 2.75) is 0 Å². The number of fused-ring (bicyclic) bond motifs is 1. The maximum absolute atomic E-state index is 13.3. The molecule has 0 unspecified atom stereocenters. The summed E-state index contributed by atoms with van der Waals surface area (Å²) in [4.78, 5) is 38.4. The molecule has 0 bridgehead atoms. The molecule has 2 aromatic carbocycles. The number of hydrogen-bond donors (Lipinski definition) is 3. The third-order valence-electron chi connectivity index (χ3n) is 3.51. The van der Waals surface area contributed by atoms with E-state index in [-0.39, 0.29) is 10.9 Å². The molecule has 0 atom stereocenters. The number of pyridine rings is 1. The van der Waals surface area contributed by atoms with Gasteiger partial charge in [-0.15, -0.1) is 0 Å². The van der Waals surface area contributed by atoms with Gasteiger partial charge < -0.3 is 16.0 Å². The number of anilines is 1. The molecular weight excluding hydrogens is 313 g/mol. The van der Waals surface area contributed by atoms with Gasteiger partial charge in [0.25, 0.3) is 5.91 Å². The summed E-state index contributed by atoms with van der Waals surface area (Å²) >= 11 is 0. The molecule has 3 rings (SSSR count). The molecule has 0 radical (unpaired) electrons. The number of nitrogens with two attached hydrogens (primary N) is 1. The number of halogens is 1. The minimum Gasteiger partial charge on any atom is -0.366 e. The molecule has 3 aromatic rings. The number of hydrogen-bond acceptors (Lipinski definition) is 3. The first-order valence-electron chi connectivity index (χ1n) is 6.98. The molecule has 1 heterocycles. The van der Waals surface area contributed by atoms with Crippen molar-refractivity contribution in [3.05, 3.63) is 75.8 Å². The van der Waals surface area contributed by atoms with Crippen LogP contribution in [0.4, 0.5) is 10.1 Å². The standard InChI is InChI=1S/C17H12FN3O3/c18-10-3-6-14-12(7-10)15(22)13(8-20-14)17(24)21-11-4-1-9(2-5-11)16(19)23/h1-8H,(H2,19,23)(H,20,22)(H,21,24). The van der Waals surface area contributed by atoms with Gasteiger partial charge in [0, 0.05) is 28.4 Å². The molecule has 6 nitrogen and oxygen atoms in total. The van der Waals surface area contributed by atoms with Gasteiger partial charge >= 0.3 is 0 Å². The number of aromatic amines is 1. The lowest BCUT2D eigenvalue weighted by Crippen LogP contribution is -2.22. The number of carbonyl (C=O) groups excluding carboxylic acids is 2. The zero-order valence-electron chi connectivity index (χ0n) is 12.3. The van der Waals surface area contributed by atoms with Crippen molar-refractivity contribution in [2.75, 3.05) is 5.32 Å². The number of nitrogens with one attached hydrogen (secondary N) is 2. The highest BCUT2D eigenvalue weighted by Crippen LogP contribution is 2.13. The van der Waals surface area contributed by atoms with Crippen LogP contribution in [-0.4, -0.2) is 16.8 Å². The molecule has 120 valence electrons. The Bertz CT molecular complexity index is 1010. The van der Waals surface area contributed by atoms with E-state index in [1.54, 1.807) is 0 Å². The molecule has 0 aliphatic heterocycles. The van der Waals surface area contributed by atoms with Crippen LogP contribution >= 0.6 is 0 Å². The molecule has 0 fully saturated rings. The van der Waals surface area contributed by atoms with Crippen molar-refractivity contribution in [1.29, 1.82) is 0 Å². The Labute approximate surface area is 135 Å². The minimum absolute atomic E-state index is 0.0896. The van der Waals surface area contributed by atoms with Crippen LogP contribution in [-0.2, 0) is 0 Å². The summed E-state index contributed by atoms with van der Waals surface area (Å²) in [5.41, 5.74) is 5.54. The average molecular weight is 325 g/mol. The zero-order valence-corrected chi connectivity index (χ0v) is 12.3. The second-order valence-electron chi connectivity index (χ2n) is 5.12. The van der Waals surface area contributed by atoms with Crippen molar-refractivity contribution >= 4 is 28.4 Å². The summed E-state index contributed by atoms with van der Waals surface area (Å²) in [7, 11) is 0. The quantitative estimate of drug-likeness (QED) is 0.686. The highest BCUT2D eigenvalue weighted by Gasteiger charge is 2.14. The van der Waals surface area contributed by atoms with E-state index in [2.05, 4.69) is 10.3 Å². The highest BCUT2D eigenvalue weighted by atomic mass is 19.1. The van der Waals surface area contributed by atoms with Crippen LogP contribution < -0.4 is 16.5 Å². The fourth-order valence-corrected chi connectivity index (χ4v) is 2.28. The topological polar surface area (TPSA) is 105 Å². The molecule has 1 aromatic heterocycles. The summed E-state index contributed by atoms with van der Waals surface area (Å²) in [5, 5.41) is 2.63. The Kier molecular flexibility index (Phi) is 3.83. The van der Waals surface area contributed by atoms with Gasteiger partial charge in [-0.05, 0) is 42.5 Å². The first-order valence-corrected chi connectivity index (χ1v) is 6.98. The van der Waals surface area contributed by atoms with Crippen molar-refractivity contribution in [3.8, 4) is 0 Å². The first-order chi connectivity index (χ1) is 11.5. The Morgan fingerprint density at radius 3 is 2.46 bits per heavy atom. The lowest BCUT2D eigenvalue weighted by atomic mass is 10.1. The van der Waals surface area contributed by atoms with Crippen molar-refractivity contribution < 1.29 is 14.0 Å². The predicted octanol–water partition coefficient (Wildman–Crippen LogP) is 2.02. The number of amides is 2. The molecular formula is C17H12FN3O3. The van der Waals surface area contributed by atoms with Crippen molar-refractivity contribution in [2.24, 2.45) is 5.73 Å². The van der Waals surface area contributed by atoms with E-state index < -0.39 is 23.1 Å². The summed E-state index contributed by atoms with van der Waals surface area (Å²) in [6.07, 6.45) is 1.27. The van der Waals surface area contributed by atoms with E-state index in [9.17, 15) is 18.8 Å². The number of benzene rings is 2. The zero-order chi connectivity index (χ0) is 17.3. The Hall–Kier alpha value is -3.48. The smallest absolute Gasteiger partial charge is 0.261 e. The van der Waals surface area contributed by atoms with Gasteiger partial charge in [-0.3, -0.25) is 14.4 Å². The average Bonchev–Trinajstić information content (AvgIpc) is 2.56. The van der Waals surface area contributed by atoms with E-state index in [1.165, 1.54) is 42.6 Å². The largest absolute Gasteiger partial charge is 0.366 e. The predicted molar refractivity (Wildman–Crippen MR) is 87.4 cm³/mol. The third kappa shape index (κ3) is 2.87. The second kappa shape index (κ2) is 5.96. The molecule has 4 N–H and O–H groups in total. The summed E-state index contributed by atoms with van der Waals surface area (Å²) in [6, 6.07) is 9.62. The summed E-state index contributed by atoms with van der Waals surface area (Å²) in [6.45, 7) is 0. The highest BCUT2D eigenvalue weighted by molar-refractivity contribution is 6.05. The third-order valence-corrected chi connectivity index (χ3v) is 3.51. The van der Waals surface area contributed by atoms with Crippen LogP contribution in [0.25, 0.3) is 10.9 Å². The molecule has 0 aliphatic carbocycles. The van der Waals surface area contributed by atoms with Gasteiger partial charge in [-0.1, -0.05) is 0 Å². The Morgan fingerprint density at radius 1 is 1.08 bits per heavy atom. The number of primary amides is 1. The number of carbonyl (C=O) groups is 2. The molecule has 24 heavy (non-hydrogen) atoms. The van der Waals surface area contributed by atoms with E-state index in [1.807, 2.05) is 0 Å². The Morgan fingerprint density at radius 2 is 1.79 bits per heavy atom. The van der Waals surface area contributed by atoms with Gasteiger partial charge in [0.1, 0.15) is 11.4 Å². The van der Waals surface area contributed by atoms with Crippen LogP contribution in [0.2, 0.25) is 0 Å². The maximum atomic E-state index is 13.3. The molecule has 0 spiro atoms. The normalized spacial score (nSPS) is 10.5. The van der Waals surface area contributed by atoms with Gasteiger partial charge in [-0.2, -0.15) is 0 Å². The fraction of sp³-hybridized carbons (Fsp3) is 0. The molecule has 0 saturated carbocycles. The molecule has 0 aliphatic rings. The summed E-state index contributed by atoms with van der Waals surface area (Å²) < 4.78 is 13.3. The van der Waals surface area contributed by atoms with Crippen LogP contribution in [0.15, 0.2) is 53.5 Å². The van der Waals surface area contributed by atoms with Crippen molar-refractivity contribution in [3.63, 3.8) is 0 Å². The first kappa shape index (κ1) is 15.4. The molecule has 0 saturated heterocycles. The fourth-order valence-electron chi connectivity index (χ4n) is 2.28. The van der Waals surface area contributed by atoms with Gasteiger partial charge in [-0.25, -0.2) is 4.39 Å². The lowest BCUT2D eigenvalue weighted by Gasteiger charge is -2.06. The minimum atomic E-state index is -0.644. The van der Waals surface area contributed by atoms with E-state index in [0.29, 0.717) is 16.8 Å². The Balaban J connectivity index is 1.92. The van der Waals surface area contributed by atoms with E-state index in [4.69, 9.17) is 5.73 Å². The van der Waals surface area contributed by atoms with Crippen LogP contribution in [0.5, 0.6) is 0 Å². The number of aromatic nitrogens is 1. The monoisotopic (exact) mass is 325 g/mol. The molecule has 7 heteroatoms. The second-order valence-corrected chi connectivity index (χ2v) is 5.12. The van der Waals surface area contributed by atoms with Crippen LogP contribution in [0, 0.1) is 5.82 Å². The van der Waals surface area contributed by atoms with Gasteiger partial charge in [0.05, 0.1) is 0 Å². The van der Waals surface area contributed by atoms with Crippen LogP contribution in [0.1, 0.15) is 20.7 Å². The number of rotatable bonds is 3. The SMILES string of the molecule is NC(=O)c1ccc(NC(=O)c2c[nH]c3ccc(F)cc3c2=O)cc1. The van der Waals surface area contributed by atoms with E-state index >= 15 is 0 Å². The van der Waals surface area contributed by atoms with Crippen LogP contribution in [0.3, 0.4) is 0 Å². The lowest BCUT2D eigenvalue weighted by molar-refractivity contribution is 0.0998. The van der Waals surface area contributed by atoms with E-state index in [0.717, 1.165) is 6.07 Å². The van der Waals surface area contributed by atoms with Crippen molar-refractivity contribution in [1.82, 2.24) is 4.98 Å². The maximum Gasteiger partial charge on any atom is 0.261 e.